The second-order valence-corrected chi connectivity index (χ2v) is 3.52. The van der Waals surface area contributed by atoms with Crippen LogP contribution in [-0.2, 0) is 7.05 Å². The van der Waals surface area contributed by atoms with Gasteiger partial charge in [0.25, 0.3) is 0 Å². The van der Waals surface area contributed by atoms with Crippen LogP contribution in [0.4, 0.5) is 5.82 Å². The lowest BCUT2D eigenvalue weighted by molar-refractivity contribution is 0.426. The number of imidazole rings is 1. The molecule has 0 aliphatic carbocycles. The molecule has 0 unspecified atom stereocenters. The molecule has 2 N–H and O–H groups in total. The summed E-state index contributed by atoms with van der Waals surface area (Å²) in [5.74, 6) is 1.23. The largest absolute Gasteiger partial charge is 0.425 e. The van der Waals surface area contributed by atoms with E-state index in [4.69, 9.17) is 22.1 Å². The van der Waals surface area contributed by atoms with Crippen LogP contribution in [0.2, 0.25) is 5.02 Å². The minimum absolute atomic E-state index is 0.454. The van der Waals surface area contributed by atoms with Crippen LogP contribution in [0.15, 0.2) is 30.5 Å². The molecular weight excluding hydrogens is 214 g/mol. The lowest BCUT2D eigenvalue weighted by atomic mass is 10.3. The zero-order chi connectivity index (χ0) is 10.8. The van der Waals surface area contributed by atoms with Crippen molar-refractivity contribution in [3.8, 4) is 11.8 Å². The van der Waals surface area contributed by atoms with Crippen molar-refractivity contribution in [3.63, 3.8) is 0 Å². The van der Waals surface area contributed by atoms with Crippen LogP contribution in [-0.4, -0.2) is 9.55 Å². The number of benzene rings is 1. The molecule has 1 aromatic heterocycles. The van der Waals surface area contributed by atoms with E-state index in [1.165, 1.54) is 0 Å². The number of nitrogens with zero attached hydrogens (tertiary/aromatic N) is 2. The summed E-state index contributed by atoms with van der Waals surface area (Å²) in [6, 6.07) is 7.50. The zero-order valence-electron chi connectivity index (χ0n) is 8.14. The van der Waals surface area contributed by atoms with Gasteiger partial charge in [0.05, 0.1) is 6.20 Å². The molecule has 5 heteroatoms. The first-order valence-corrected chi connectivity index (χ1v) is 4.75. The monoisotopic (exact) mass is 223 g/mol. The fourth-order valence-electron chi connectivity index (χ4n) is 1.11. The molecule has 78 valence electrons. The van der Waals surface area contributed by atoms with E-state index in [2.05, 4.69) is 4.98 Å². The molecule has 0 spiro atoms. The van der Waals surface area contributed by atoms with E-state index in [-0.39, 0.29) is 0 Å². The molecule has 0 fully saturated rings. The highest BCUT2D eigenvalue weighted by Gasteiger charge is 2.05. The van der Waals surface area contributed by atoms with Crippen molar-refractivity contribution >= 4 is 17.4 Å². The van der Waals surface area contributed by atoms with Gasteiger partial charge in [0.2, 0.25) is 0 Å². The summed E-state index contributed by atoms with van der Waals surface area (Å²) in [5.41, 5.74) is 5.62. The van der Waals surface area contributed by atoms with Gasteiger partial charge in [-0.15, -0.1) is 0 Å². The number of halogens is 1. The van der Waals surface area contributed by atoms with Crippen molar-refractivity contribution in [2.75, 3.05) is 5.73 Å². The van der Waals surface area contributed by atoms with Gasteiger partial charge in [0.15, 0.2) is 0 Å². The van der Waals surface area contributed by atoms with Crippen LogP contribution in [0.25, 0.3) is 0 Å². The van der Waals surface area contributed by atoms with E-state index in [0.717, 1.165) is 0 Å². The Balaban J connectivity index is 2.22. The Morgan fingerprint density at radius 2 is 2.00 bits per heavy atom. The van der Waals surface area contributed by atoms with Crippen molar-refractivity contribution in [3.05, 3.63) is 35.5 Å². The highest BCUT2D eigenvalue weighted by Crippen LogP contribution is 2.22. The van der Waals surface area contributed by atoms with Gasteiger partial charge >= 0.3 is 6.01 Å². The predicted molar refractivity (Wildman–Crippen MR) is 59.1 cm³/mol. The molecule has 0 aliphatic rings. The minimum atomic E-state index is 0.454. The maximum Gasteiger partial charge on any atom is 0.303 e. The Kier molecular flexibility index (Phi) is 2.51. The lowest BCUT2D eigenvalue weighted by Crippen LogP contribution is -1.98. The Bertz CT molecular complexity index is 464. The third-order valence-corrected chi connectivity index (χ3v) is 2.26. The summed E-state index contributed by atoms with van der Waals surface area (Å²) in [7, 11) is 1.79. The molecule has 2 aromatic rings. The summed E-state index contributed by atoms with van der Waals surface area (Å²) >= 11 is 5.75. The first-order chi connectivity index (χ1) is 7.16. The third-order valence-electron chi connectivity index (χ3n) is 2.00. The van der Waals surface area contributed by atoms with Crippen LogP contribution >= 0.6 is 11.6 Å². The first-order valence-electron chi connectivity index (χ1n) is 4.37. The summed E-state index contributed by atoms with van der Waals surface area (Å²) in [6.07, 6.45) is 1.55. The minimum Gasteiger partial charge on any atom is -0.425 e. The summed E-state index contributed by atoms with van der Waals surface area (Å²) in [4.78, 5) is 4.02. The van der Waals surface area contributed by atoms with Gasteiger partial charge in [-0.1, -0.05) is 11.6 Å². The van der Waals surface area contributed by atoms with Gasteiger partial charge in [-0.05, 0) is 24.3 Å². The van der Waals surface area contributed by atoms with E-state index in [1.807, 2.05) is 0 Å². The van der Waals surface area contributed by atoms with E-state index in [0.29, 0.717) is 22.6 Å². The Labute approximate surface area is 92.2 Å². The average molecular weight is 224 g/mol. The fourth-order valence-corrected chi connectivity index (χ4v) is 1.23. The number of anilines is 1. The molecule has 0 atom stereocenters. The summed E-state index contributed by atoms with van der Waals surface area (Å²) in [5, 5.41) is 0.668. The number of hydrogen-bond donors (Lipinski definition) is 1. The third kappa shape index (κ3) is 2.05. The molecule has 4 nitrogen and oxygen atoms in total. The molecule has 0 radical (unpaired) electrons. The van der Waals surface area contributed by atoms with Crippen molar-refractivity contribution < 1.29 is 4.74 Å². The number of ether oxygens (including phenoxy) is 1. The lowest BCUT2D eigenvalue weighted by Gasteiger charge is -2.05. The van der Waals surface area contributed by atoms with Crippen molar-refractivity contribution in [1.82, 2.24) is 9.55 Å². The molecule has 1 heterocycles. The number of nitrogens with two attached hydrogens (primary N) is 1. The van der Waals surface area contributed by atoms with Crippen molar-refractivity contribution in [2.45, 2.75) is 0 Å². The van der Waals surface area contributed by atoms with Gasteiger partial charge in [0.1, 0.15) is 11.6 Å². The standard InChI is InChI=1S/C10H10ClN3O/c1-14-9(12)6-13-10(14)15-8-4-2-7(11)3-5-8/h2-6H,12H2,1H3. The van der Waals surface area contributed by atoms with E-state index < -0.39 is 0 Å². The molecule has 0 saturated carbocycles. The number of aromatic nitrogens is 2. The van der Waals surface area contributed by atoms with Gasteiger partial charge < -0.3 is 10.5 Å². The Morgan fingerprint density at radius 3 is 2.53 bits per heavy atom. The molecule has 2 rings (SSSR count). The maximum absolute atomic E-state index is 5.75. The molecule has 0 saturated heterocycles. The fraction of sp³-hybridized carbons (Fsp3) is 0.100. The second-order valence-electron chi connectivity index (χ2n) is 3.08. The zero-order valence-corrected chi connectivity index (χ0v) is 8.90. The number of nitrogen functional groups attached to an aromatic ring is 1. The Hall–Kier alpha value is -1.68. The van der Waals surface area contributed by atoms with Gasteiger partial charge in [-0.2, -0.15) is 0 Å². The normalized spacial score (nSPS) is 10.3. The summed E-state index contributed by atoms with van der Waals surface area (Å²) < 4.78 is 7.16. The SMILES string of the molecule is Cn1c(N)cnc1Oc1ccc(Cl)cc1. The molecule has 15 heavy (non-hydrogen) atoms. The van der Waals surface area contributed by atoms with Gasteiger partial charge in [-0.25, -0.2) is 4.98 Å². The van der Waals surface area contributed by atoms with Crippen LogP contribution in [0, 0.1) is 0 Å². The van der Waals surface area contributed by atoms with E-state index in [1.54, 1.807) is 42.1 Å². The van der Waals surface area contributed by atoms with E-state index in [9.17, 15) is 0 Å². The second kappa shape index (κ2) is 3.82. The smallest absolute Gasteiger partial charge is 0.303 e. The van der Waals surface area contributed by atoms with Crippen molar-refractivity contribution in [2.24, 2.45) is 7.05 Å². The van der Waals surface area contributed by atoms with Crippen LogP contribution in [0.3, 0.4) is 0 Å². The topological polar surface area (TPSA) is 53.1 Å². The van der Waals surface area contributed by atoms with Crippen LogP contribution in [0.5, 0.6) is 11.8 Å². The van der Waals surface area contributed by atoms with Crippen LogP contribution in [0.1, 0.15) is 0 Å². The first kappa shape index (κ1) is 9.86. The summed E-state index contributed by atoms with van der Waals surface area (Å²) in [6.45, 7) is 0. The van der Waals surface area contributed by atoms with Crippen LogP contribution < -0.4 is 10.5 Å². The highest BCUT2D eigenvalue weighted by atomic mass is 35.5. The molecule has 1 aromatic carbocycles. The number of hydrogen-bond acceptors (Lipinski definition) is 3. The quantitative estimate of drug-likeness (QED) is 0.851. The molecular formula is C10H10ClN3O. The van der Waals surface area contributed by atoms with Crippen molar-refractivity contribution in [1.29, 1.82) is 0 Å². The predicted octanol–water partition coefficient (Wildman–Crippen LogP) is 2.45. The van der Waals surface area contributed by atoms with Gasteiger partial charge in [-0.3, -0.25) is 4.57 Å². The van der Waals surface area contributed by atoms with E-state index >= 15 is 0 Å². The maximum atomic E-state index is 5.75. The highest BCUT2D eigenvalue weighted by molar-refractivity contribution is 6.30. The molecule has 0 aliphatic heterocycles. The molecule has 0 bridgehead atoms. The average Bonchev–Trinajstić information content (AvgIpc) is 2.53. The number of rotatable bonds is 2. The Morgan fingerprint density at radius 1 is 1.33 bits per heavy atom. The van der Waals surface area contributed by atoms with Gasteiger partial charge in [0, 0.05) is 12.1 Å². The molecule has 0 amide bonds.